The molecule has 1 fully saturated rings. The predicted molar refractivity (Wildman–Crippen MR) is 115 cm³/mol. The lowest BCUT2D eigenvalue weighted by Crippen LogP contribution is -2.40. The number of nitrogens with two attached hydrogens (primary N) is 1. The van der Waals surface area contributed by atoms with Gasteiger partial charge in [0, 0.05) is 24.5 Å². The van der Waals surface area contributed by atoms with E-state index in [4.69, 9.17) is 10.5 Å². The number of rotatable bonds is 4. The molecule has 1 aromatic heterocycles. The Hall–Kier alpha value is -3.31. The number of carbonyl (C=O) groups is 1. The number of carbonyl (C=O) groups excluding carboxylic acids is 1. The Bertz CT molecular complexity index is 964. The number of nitriles is 1. The summed E-state index contributed by atoms with van der Waals surface area (Å²) < 4.78 is 5.34. The van der Waals surface area contributed by atoms with E-state index in [-0.39, 0.29) is 18.7 Å². The molecule has 1 aliphatic heterocycles. The van der Waals surface area contributed by atoms with Crippen molar-refractivity contribution in [2.45, 2.75) is 44.9 Å². The van der Waals surface area contributed by atoms with Crippen molar-refractivity contribution >= 4 is 17.5 Å². The molecule has 1 amide bonds. The van der Waals surface area contributed by atoms with E-state index in [9.17, 15) is 15.2 Å². The fourth-order valence-electron chi connectivity index (χ4n) is 3.65. The highest BCUT2D eigenvalue weighted by Gasteiger charge is 2.34. The lowest BCUT2D eigenvalue weighted by molar-refractivity contribution is 0.0507. The van der Waals surface area contributed by atoms with E-state index in [1.54, 1.807) is 24.5 Å². The first-order valence-electron chi connectivity index (χ1n) is 9.83. The van der Waals surface area contributed by atoms with Crippen LogP contribution in [0.25, 0.3) is 11.1 Å². The summed E-state index contributed by atoms with van der Waals surface area (Å²) in [6, 6.07) is 8.97. The number of aliphatic hydroxyl groups excluding tert-OH is 1. The number of hydrogen-bond acceptors (Lipinski definition) is 7. The average molecular weight is 409 g/mol. The number of amides is 1. The largest absolute Gasteiger partial charge is 0.444 e. The van der Waals surface area contributed by atoms with Gasteiger partial charge in [-0.15, -0.1) is 0 Å². The van der Waals surface area contributed by atoms with Crippen LogP contribution in [0.4, 0.5) is 16.2 Å². The molecule has 0 bridgehead atoms. The van der Waals surface area contributed by atoms with Crippen molar-refractivity contribution in [3.63, 3.8) is 0 Å². The molecule has 1 aliphatic rings. The third kappa shape index (κ3) is 4.81. The highest BCUT2D eigenvalue weighted by Crippen LogP contribution is 2.35. The monoisotopic (exact) mass is 409 g/mol. The molecule has 0 saturated carbocycles. The van der Waals surface area contributed by atoms with Crippen LogP contribution in [0.1, 0.15) is 32.8 Å². The van der Waals surface area contributed by atoms with Crippen molar-refractivity contribution in [1.82, 2.24) is 10.3 Å². The molecule has 3 rings (SSSR count). The number of alkyl carbamates (subject to hydrolysis) is 1. The molecular formula is C22H27N5O3. The number of nitrogens with one attached hydrogen (secondary N) is 1. The van der Waals surface area contributed by atoms with Crippen LogP contribution in [-0.4, -0.2) is 47.0 Å². The first-order valence-corrected chi connectivity index (χ1v) is 9.83. The summed E-state index contributed by atoms with van der Waals surface area (Å²) in [5.74, 6) is 0. The lowest BCUT2D eigenvalue weighted by atomic mass is 10.0. The first kappa shape index (κ1) is 21.4. The number of benzene rings is 1. The zero-order valence-electron chi connectivity index (χ0n) is 17.4. The zero-order chi connectivity index (χ0) is 21.9. The van der Waals surface area contributed by atoms with Crippen LogP contribution >= 0.6 is 0 Å². The van der Waals surface area contributed by atoms with E-state index in [1.807, 2.05) is 37.8 Å². The highest BCUT2D eigenvalue weighted by molar-refractivity contribution is 5.79. The molecule has 0 spiro atoms. The van der Waals surface area contributed by atoms with Gasteiger partial charge in [0.15, 0.2) is 0 Å². The zero-order valence-corrected chi connectivity index (χ0v) is 17.4. The summed E-state index contributed by atoms with van der Waals surface area (Å²) >= 11 is 0. The number of ether oxygens (including phenoxy) is 1. The van der Waals surface area contributed by atoms with Gasteiger partial charge in [-0.05, 0) is 51.0 Å². The van der Waals surface area contributed by atoms with Crippen molar-refractivity contribution in [3.05, 3.63) is 42.2 Å². The van der Waals surface area contributed by atoms with Crippen LogP contribution in [-0.2, 0) is 4.74 Å². The Kier molecular flexibility index (Phi) is 6.13. The Morgan fingerprint density at radius 1 is 1.43 bits per heavy atom. The maximum Gasteiger partial charge on any atom is 0.407 e. The average Bonchev–Trinajstić information content (AvgIpc) is 3.09. The Morgan fingerprint density at radius 2 is 2.20 bits per heavy atom. The smallest absolute Gasteiger partial charge is 0.407 e. The van der Waals surface area contributed by atoms with Gasteiger partial charge in [-0.3, -0.25) is 4.98 Å². The Morgan fingerprint density at radius 3 is 2.87 bits per heavy atom. The molecule has 8 nitrogen and oxygen atoms in total. The molecule has 30 heavy (non-hydrogen) atoms. The molecule has 1 aromatic carbocycles. The molecule has 0 radical (unpaired) electrons. The van der Waals surface area contributed by atoms with Crippen molar-refractivity contribution in [1.29, 1.82) is 5.26 Å². The topological polar surface area (TPSA) is 124 Å². The van der Waals surface area contributed by atoms with Crippen molar-refractivity contribution < 1.29 is 14.6 Å². The number of nitrogens with zero attached hydrogens (tertiary/aromatic N) is 3. The van der Waals surface area contributed by atoms with Gasteiger partial charge < -0.3 is 25.8 Å². The predicted octanol–water partition coefficient (Wildman–Crippen LogP) is 2.67. The number of pyridine rings is 1. The second-order valence-electron chi connectivity index (χ2n) is 8.37. The van der Waals surface area contributed by atoms with Crippen LogP contribution in [0.3, 0.4) is 0 Å². The maximum atomic E-state index is 12.2. The molecule has 4 N–H and O–H groups in total. The minimum absolute atomic E-state index is 0.0769. The second kappa shape index (κ2) is 8.59. The molecule has 2 atom stereocenters. The quantitative estimate of drug-likeness (QED) is 0.663. The fourth-order valence-corrected chi connectivity index (χ4v) is 3.65. The minimum atomic E-state index is -0.584. The number of aromatic nitrogens is 1. The third-order valence-electron chi connectivity index (χ3n) is 4.94. The highest BCUT2D eigenvalue weighted by atomic mass is 16.6. The van der Waals surface area contributed by atoms with E-state index >= 15 is 0 Å². The Balaban J connectivity index is 1.85. The minimum Gasteiger partial charge on any atom is -0.444 e. The van der Waals surface area contributed by atoms with Crippen LogP contribution in [0, 0.1) is 11.3 Å². The normalized spacial score (nSPS) is 18.7. The molecule has 8 heteroatoms. The summed E-state index contributed by atoms with van der Waals surface area (Å²) in [5, 5.41) is 22.2. The molecule has 2 aromatic rings. The van der Waals surface area contributed by atoms with Gasteiger partial charge in [0.2, 0.25) is 0 Å². The number of aliphatic hydroxyl groups is 1. The molecule has 2 heterocycles. The van der Waals surface area contributed by atoms with Crippen LogP contribution in [0.5, 0.6) is 0 Å². The molecule has 1 saturated heterocycles. The summed E-state index contributed by atoms with van der Waals surface area (Å²) in [7, 11) is 0. The summed E-state index contributed by atoms with van der Waals surface area (Å²) in [6.07, 6.45) is 3.31. The molecule has 158 valence electrons. The van der Waals surface area contributed by atoms with Crippen molar-refractivity contribution in [2.24, 2.45) is 0 Å². The van der Waals surface area contributed by atoms with Gasteiger partial charge in [-0.1, -0.05) is 6.07 Å². The van der Waals surface area contributed by atoms with E-state index < -0.39 is 11.7 Å². The van der Waals surface area contributed by atoms with Gasteiger partial charge in [0.25, 0.3) is 0 Å². The fraction of sp³-hybridized carbons (Fsp3) is 0.409. The van der Waals surface area contributed by atoms with E-state index in [1.165, 1.54) is 0 Å². The lowest BCUT2D eigenvalue weighted by Gasteiger charge is -2.27. The first-order chi connectivity index (χ1) is 14.2. The van der Waals surface area contributed by atoms with Crippen LogP contribution in [0.15, 0.2) is 36.7 Å². The summed E-state index contributed by atoms with van der Waals surface area (Å²) in [6.45, 7) is 5.83. The summed E-state index contributed by atoms with van der Waals surface area (Å²) in [4.78, 5) is 18.3. The van der Waals surface area contributed by atoms with Crippen LogP contribution in [0.2, 0.25) is 0 Å². The van der Waals surface area contributed by atoms with Crippen molar-refractivity contribution in [3.8, 4) is 17.2 Å². The molecular weight excluding hydrogens is 382 g/mol. The Labute approximate surface area is 176 Å². The van der Waals surface area contributed by atoms with Gasteiger partial charge in [0.05, 0.1) is 41.7 Å². The van der Waals surface area contributed by atoms with Gasteiger partial charge >= 0.3 is 6.09 Å². The molecule has 1 unspecified atom stereocenters. The maximum absolute atomic E-state index is 12.2. The van der Waals surface area contributed by atoms with Crippen molar-refractivity contribution in [2.75, 3.05) is 23.8 Å². The third-order valence-corrected chi connectivity index (χ3v) is 4.94. The van der Waals surface area contributed by atoms with Gasteiger partial charge in [-0.25, -0.2) is 4.79 Å². The molecule has 0 aliphatic carbocycles. The SMILES string of the molecule is CC(C)(C)OC(=O)N[C@H]1CC(CO)N(c2cc(-c3cnccc3C#N)ccc2N)C1. The van der Waals surface area contributed by atoms with Gasteiger partial charge in [-0.2, -0.15) is 5.26 Å². The summed E-state index contributed by atoms with van der Waals surface area (Å²) in [5.41, 5.74) is 9.00. The number of hydrogen-bond donors (Lipinski definition) is 3. The number of anilines is 2. The van der Waals surface area contributed by atoms with E-state index in [2.05, 4.69) is 16.4 Å². The van der Waals surface area contributed by atoms with E-state index in [0.717, 1.165) is 11.3 Å². The number of nitrogen functional groups attached to an aromatic ring is 1. The van der Waals surface area contributed by atoms with E-state index in [0.29, 0.717) is 29.8 Å². The second-order valence-corrected chi connectivity index (χ2v) is 8.37. The van der Waals surface area contributed by atoms with Gasteiger partial charge in [0.1, 0.15) is 5.60 Å². The van der Waals surface area contributed by atoms with Crippen LogP contribution < -0.4 is 16.0 Å². The standard InChI is InChI=1S/C22H27N5O3/c1-22(2,3)30-21(29)26-16-9-17(13-28)27(12-16)20-8-14(4-5-19(20)24)18-11-25-7-6-15(18)10-23/h4-8,11,16-17,28H,9,12-13,24H2,1-3H3,(H,26,29)/t16-,17?/m0/s1.